The molecule has 2 rings (SSSR count). The summed E-state index contributed by atoms with van der Waals surface area (Å²) in [5, 5.41) is 3.46. The number of nitrogens with one attached hydrogen (secondary N) is 1. The topological polar surface area (TPSA) is 34.1 Å². The number of ether oxygens (including phenoxy) is 1. The Balaban J connectivity index is 1.90. The van der Waals surface area contributed by atoms with Crippen LogP contribution in [0.4, 0.5) is 0 Å². The summed E-state index contributed by atoms with van der Waals surface area (Å²) in [7, 11) is 1.69. The van der Waals surface area contributed by atoms with Gasteiger partial charge < -0.3 is 10.1 Å². The van der Waals surface area contributed by atoms with Crippen molar-refractivity contribution in [1.29, 1.82) is 0 Å². The molecule has 1 heterocycles. The molecule has 0 spiro atoms. The van der Waals surface area contributed by atoms with Gasteiger partial charge in [0.05, 0.1) is 12.8 Å². The summed E-state index contributed by atoms with van der Waals surface area (Å²) in [4.78, 5) is 4.48. The van der Waals surface area contributed by atoms with Gasteiger partial charge in [-0.1, -0.05) is 6.92 Å². The maximum Gasteiger partial charge on any atom is 0.122 e. The third-order valence-corrected chi connectivity index (χ3v) is 3.18. The van der Waals surface area contributed by atoms with Crippen LogP contribution < -0.4 is 10.1 Å². The smallest absolute Gasteiger partial charge is 0.122 e. The van der Waals surface area contributed by atoms with Crippen molar-refractivity contribution in [3.63, 3.8) is 0 Å². The summed E-state index contributed by atoms with van der Waals surface area (Å²) in [6.45, 7) is 6.23. The van der Waals surface area contributed by atoms with E-state index in [0.29, 0.717) is 5.41 Å². The molecule has 1 aromatic heterocycles. The van der Waals surface area contributed by atoms with E-state index in [1.54, 1.807) is 7.11 Å². The molecule has 0 atom stereocenters. The molecule has 0 aromatic carbocycles. The highest BCUT2D eigenvalue weighted by Gasteiger charge is 2.36. The van der Waals surface area contributed by atoms with Crippen LogP contribution in [0.1, 0.15) is 31.2 Å². The number of hydrogen-bond acceptors (Lipinski definition) is 3. The van der Waals surface area contributed by atoms with Crippen LogP contribution in [0.25, 0.3) is 0 Å². The number of aromatic nitrogens is 1. The van der Waals surface area contributed by atoms with E-state index in [1.165, 1.54) is 12.8 Å². The Bertz CT molecular complexity index is 372. The lowest BCUT2D eigenvalue weighted by Crippen LogP contribution is -2.22. The Morgan fingerprint density at radius 1 is 1.44 bits per heavy atom. The second-order valence-electron chi connectivity index (χ2n) is 5.05. The van der Waals surface area contributed by atoms with Crippen LogP contribution in [0, 0.1) is 12.3 Å². The SMILES string of the molecule is COc1cc(C)nc(CNCC2(C)CC2)c1. The molecule has 1 aromatic rings. The molecule has 16 heavy (non-hydrogen) atoms. The summed E-state index contributed by atoms with van der Waals surface area (Å²) < 4.78 is 5.23. The van der Waals surface area contributed by atoms with Crippen LogP contribution in [0.3, 0.4) is 0 Å². The van der Waals surface area contributed by atoms with Crippen molar-refractivity contribution in [1.82, 2.24) is 10.3 Å². The van der Waals surface area contributed by atoms with Gasteiger partial charge in [0, 0.05) is 30.9 Å². The standard InChI is InChI=1S/C13H20N2O/c1-10-6-12(16-3)7-11(15-10)8-14-9-13(2)4-5-13/h6-7,14H,4-5,8-9H2,1-3H3. The van der Waals surface area contributed by atoms with Crippen molar-refractivity contribution < 1.29 is 4.74 Å². The number of aryl methyl sites for hydroxylation is 1. The fourth-order valence-electron chi connectivity index (χ4n) is 1.79. The minimum atomic E-state index is 0.550. The Morgan fingerprint density at radius 2 is 2.19 bits per heavy atom. The number of rotatable bonds is 5. The zero-order valence-corrected chi connectivity index (χ0v) is 10.3. The molecule has 0 bridgehead atoms. The van der Waals surface area contributed by atoms with Crippen molar-refractivity contribution in [2.75, 3.05) is 13.7 Å². The zero-order valence-electron chi connectivity index (χ0n) is 10.3. The normalized spacial score (nSPS) is 17.2. The maximum absolute atomic E-state index is 5.23. The Labute approximate surface area is 97.2 Å². The van der Waals surface area contributed by atoms with E-state index in [0.717, 1.165) is 30.2 Å². The predicted molar refractivity (Wildman–Crippen MR) is 64.6 cm³/mol. The highest BCUT2D eigenvalue weighted by atomic mass is 16.5. The van der Waals surface area contributed by atoms with E-state index in [1.807, 2.05) is 19.1 Å². The fourth-order valence-corrected chi connectivity index (χ4v) is 1.79. The van der Waals surface area contributed by atoms with Gasteiger partial charge in [-0.25, -0.2) is 0 Å². The van der Waals surface area contributed by atoms with Crippen molar-refractivity contribution >= 4 is 0 Å². The van der Waals surface area contributed by atoms with Gasteiger partial charge in [0.1, 0.15) is 5.75 Å². The van der Waals surface area contributed by atoms with Crippen molar-refractivity contribution in [2.45, 2.75) is 33.2 Å². The van der Waals surface area contributed by atoms with Crippen molar-refractivity contribution in [3.8, 4) is 5.75 Å². The minimum absolute atomic E-state index is 0.550. The molecule has 3 heteroatoms. The second-order valence-corrected chi connectivity index (χ2v) is 5.05. The predicted octanol–water partition coefficient (Wildman–Crippen LogP) is 2.29. The van der Waals surface area contributed by atoms with Crippen LogP contribution in [0.15, 0.2) is 12.1 Å². The molecule has 0 unspecified atom stereocenters. The molecule has 88 valence electrons. The van der Waals surface area contributed by atoms with Gasteiger partial charge in [0.15, 0.2) is 0 Å². The Morgan fingerprint density at radius 3 is 2.81 bits per heavy atom. The summed E-state index contributed by atoms with van der Waals surface area (Å²) in [6, 6.07) is 3.95. The lowest BCUT2D eigenvalue weighted by molar-refractivity contribution is 0.412. The highest BCUT2D eigenvalue weighted by Crippen LogP contribution is 2.44. The zero-order chi connectivity index (χ0) is 11.6. The molecule has 1 aliphatic rings. The lowest BCUT2D eigenvalue weighted by atomic mass is 10.1. The lowest BCUT2D eigenvalue weighted by Gasteiger charge is -2.10. The monoisotopic (exact) mass is 220 g/mol. The number of nitrogens with zero attached hydrogens (tertiary/aromatic N) is 1. The minimum Gasteiger partial charge on any atom is -0.497 e. The largest absolute Gasteiger partial charge is 0.497 e. The van der Waals surface area contributed by atoms with Gasteiger partial charge in [-0.3, -0.25) is 4.98 Å². The third kappa shape index (κ3) is 2.95. The van der Waals surface area contributed by atoms with Gasteiger partial charge in [-0.2, -0.15) is 0 Å². The van der Waals surface area contributed by atoms with E-state index >= 15 is 0 Å². The first-order valence-corrected chi connectivity index (χ1v) is 5.84. The molecule has 3 nitrogen and oxygen atoms in total. The van der Waals surface area contributed by atoms with Crippen LogP contribution in [-0.2, 0) is 6.54 Å². The van der Waals surface area contributed by atoms with E-state index < -0.39 is 0 Å². The molecule has 1 fully saturated rings. The number of methoxy groups -OCH3 is 1. The molecule has 1 N–H and O–H groups in total. The Kier molecular flexibility index (Phi) is 3.15. The van der Waals surface area contributed by atoms with Gasteiger partial charge in [0.25, 0.3) is 0 Å². The van der Waals surface area contributed by atoms with E-state index in [-0.39, 0.29) is 0 Å². The fraction of sp³-hybridized carbons (Fsp3) is 0.615. The van der Waals surface area contributed by atoms with Crippen LogP contribution >= 0.6 is 0 Å². The van der Waals surface area contributed by atoms with Gasteiger partial charge in [-0.05, 0) is 25.2 Å². The van der Waals surface area contributed by atoms with Gasteiger partial charge >= 0.3 is 0 Å². The first-order valence-electron chi connectivity index (χ1n) is 5.84. The summed E-state index contributed by atoms with van der Waals surface area (Å²) >= 11 is 0. The first kappa shape index (κ1) is 11.4. The van der Waals surface area contributed by atoms with Crippen LogP contribution in [-0.4, -0.2) is 18.6 Å². The van der Waals surface area contributed by atoms with Crippen molar-refractivity contribution in [2.24, 2.45) is 5.41 Å². The average Bonchev–Trinajstić information content (AvgIpc) is 2.96. The summed E-state index contributed by atoms with van der Waals surface area (Å²) in [5.74, 6) is 0.891. The molecule has 0 aliphatic heterocycles. The quantitative estimate of drug-likeness (QED) is 0.826. The van der Waals surface area contributed by atoms with Crippen LogP contribution in [0.5, 0.6) is 5.75 Å². The maximum atomic E-state index is 5.23. The van der Waals surface area contributed by atoms with E-state index in [9.17, 15) is 0 Å². The molecule has 0 radical (unpaired) electrons. The second kappa shape index (κ2) is 4.42. The van der Waals surface area contributed by atoms with E-state index in [4.69, 9.17) is 4.74 Å². The molecule has 1 aliphatic carbocycles. The highest BCUT2D eigenvalue weighted by molar-refractivity contribution is 5.26. The van der Waals surface area contributed by atoms with E-state index in [2.05, 4.69) is 17.2 Å². The Hall–Kier alpha value is -1.09. The van der Waals surface area contributed by atoms with Crippen molar-refractivity contribution in [3.05, 3.63) is 23.5 Å². The number of pyridine rings is 1. The molecular formula is C13H20N2O. The summed E-state index contributed by atoms with van der Waals surface area (Å²) in [6.07, 6.45) is 2.70. The van der Waals surface area contributed by atoms with Gasteiger partial charge in [0.2, 0.25) is 0 Å². The average molecular weight is 220 g/mol. The number of hydrogen-bond donors (Lipinski definition) is 1. The molecule has 1 saturated carbocycles. The van der Waals surface area contributed by atoms with Gasteiger partial charge in [-0.15, -0.1) is 0 Å². The van der Waals surface area contributed by atoms with Crippen LogP contribution in [0.2, 0.25) is 0 Å². The summed E-state index contributed by atoms with van der Waals surface area (Å²) in [5.41, 5.74) is 2.61. The molecular weight excluding hydrogens is 200 g/mol. The molecule has 0 saturated heterocycles. The third-order valence-electron chi connectivity index (χ3n) is 3.18. The first-order chi connectivity index (χ1) is 7.61. The molecule has 0 amide bonds.